The molecule has 114 valence electrons. The van der Waals surface area contributed by atoms with Gasteiger partial charge in [0.25, 0.3) is 5.56 Å². The molecule has 0 spiro atoms. The van der Waals surface area contributed by atoms with Gasteiger partial charge in [-0.15, -0.1) is 11.3 Å². The van der Waals surface area contributed by atoms with Gasteiger partial charge in [0.1, 0.15) is 10.7 Å². The molecule has 6 heteroatoms. The first-order valence-corrected chi connectivity index (χ1v) is 8.17. The molecule has 0 unspecified atom stereocenters. The number of rotatable bonds is 3. The van der Waals surface area contributed by atoms with E-state index in [0.29, 0.717) is 16.2 Å². The third-order valence-electron chi connectivity index (χ3n) is 3.69. The topological polar surface area (TPSA) is 57.8 Å². The van der Waals surface area contributed by atoms with Crippen LogP contribution in [0.5, 0.6) is 0 Å². The molecule has 0 saturated heterocycles. The van der Waals surface area contributed by atoms with Gasteiger partial charge in [-0.05, 0) is 50.6 Å². The zero-order chi connectivity index (χ0) is 15.9. The average molecular weight is 334 g/mol. The van der Waals surface area contributed by atoms with Crippen LogP contribution in [0.2, 0.25) is 5.02 Å². The Morgan fingerprint density at radius 2 is 1.95 bits per heavy atom. The Hall–Kier alpha value is -1.85. The Bertz CT molecular complexity index is 883. The van der Waals surface area contributed by atoms with Gasteiger partial charge in [-0.1, -0.05) is 11.6 Å². The number of aromatic nitrogens is 2. The lowest BCUT2D eigenvalue weighted by Crippen LogP contribution is -2.17. The molecule has 1 atom stereocenters. The van der Waals surface area contributed by atoms with E-state index in [-0.39, 0.29) is 11.6 Å². The molecular weight excluding hydrogens is 318 g/mol. The number of halogens is 1. The van der Waals surface area contributed by atoms with Crippen LogP contribution in [0.25, 0.3) is 10.2 Å². The van der Waals surface area contributed by atoms with Gasteiger partial charge >= 0.3 is 0 Å². The number of aryl methyl sites for hydroxylation is 2. The van der Waals surface area contributed by atoms with E-state index in [0.717, 1.165) is 21.0 Å². The first kappa shape index (κ1) is 15.1. The summed E-state index contributed by atoms with van der Waals surface area (Å²) in [5.74, 6) is 0.633. The Balaban J connectivity index is 1.95. The van der Waals surface area contributed by atoms with Crippen LogP contribution in [0.4, 0.5) is 5.69 Å². The summed E-state index contributed by atoms with van der Waals surface area (Å²) in [7, 11) is 0. The Kier molecular flexibility index (Phi) is 3.93. The van der Waals surface area contributed by atoms with Crippen LogP contribution in [-0.2, 0) is 0 Å². The van der Waals surface area contributed by atoms with Crippen molar-refractivity contribution in [3.8, 4) is 0 Å². The first-order chi connectivity index (χ1) is 10.5. The minimum atomic E-state index is -0.110. The van der Waals surface area contributed by atoms with E-state index >= 15 is 0 Å². The fraction of sp³-hybridized carbons (Fsp3) is 0.250. The summed E-state index contributed by atoms with van der Waals surface area (Å²) in [4.78, 5) is 21.7. The fourth-order valence-electron chi connectivity index (χ4n) is 2.34. The van der Waals surface area contributed by atoms with Crippen LogP contribution >= 0.6 is 22.9 Å². The van der Waals surface area contributed by atoms with Crippen molar-refractivity contribution in [1.29, 1.82) is 0 Å². The summed E-state index contributed by atoms with van der Waals surface area (Å²) in [5, 5.41) is 4.70. The standard InChI is InChI=1S/C16H16ClN3OS/c1-8-10(3)22-16-13(8)15(21)19-14(20-16)9(2)18-12-6-4-11(17)5-7-12/h4-7,9,18H,1-3H3,(H,19,20,21)/t9-/m0/s1. The lowest BCUT2D eigenvalue weighted by Gasteiger charge is -2.14. The molecule has 2 heterocycles. The molecule has 0 radical (unpaired) electrons. The number of hydrogen-bond acceptors (Lipinski definition) is 4. The van der Waals surface area contributed by atoms with Gasteiger partial charge in [0.2, 0.25) is 0 Å². The van der Waals surface area contributed by atoms with Crippen molar-refractivity contribution in [2.24, 2.45) is 0 Å². The second kappa shape index (κ2) is 5.74. The summed E-state index contributed by atoms with van der Waals surface area (Å²) in [5.41, 5.74) is 1.86. The van der Waals surface area contributed by atoms with Gasteiger partial charge in [-0.25, -0.2) is 4.98 Å². The number of thiophene rings is 1. The number of fused-ring (bicyclic) bond motifs is 1. The Morgan fingerprint density at radius 1 is 1.27 bits per heavy atom. The summed E-state index contributed by atoms with van der Waals surface area (Å²) < 4.78 is 0. The molecule has 0 amide bonds. The van der Waals surface area contributed by atoms with Crippen molar-refractivity contribution in [2.75, 3.05) is 5.32 Å². The van der Waals surface area contributed by atoms with E-state index < -0.39 is 0 Å². The molecule has 3 aromatic rings. The maximum absolute atomic E-state index is 12.3. The maximum Gasteiger partial charge on any atom is 0.259 e. The van der Waals surface area contributed by atoms with Crippen molar-refractivity contribution in [2.45, 2.75) is 26.8 Å². The Labute approximate surface area is 137 Å². The summed E-state index contributed by atoms with van der Waals surface area (Å²) in [6.45, 7) is 5.93. The monoisotopic (exact) mass is 333 g/mol. The maximum atomic E-state index is 12.3. The van der Waals surface area contributed by atoms with Crippen LogP contribution in [-0.4, -0.2) is 9.97 Å². The van der Waals surface area contributed by atoms with Gasteiger partial charge in [-0.2, -0.15) is 0 Å². The highest BCUT2D eigenvalue weighted by Gasteiger charge is 2.15. The highest BCUT2D eigenvalue weighted by Crippen LogP contribution is 2.27. The predicted octanol–water partition coefficient (Wildman–Crippen LogP) is 4.43. The minimum Gasteiger partial charge on any atom is -0.375 e. The van der Waals surface area contributed by atoms with Crippen LogP contribution < -0.4 is 10.9 Å². The molecule has 0 aliphatic heterocycles. The summed E-state index contributed by atoms with van der Waals surface area (Å²) >= 11 is 7.44. The van der Waals surface area contributed by atoms with E-state index in [1.54, 1.807) is 11.3 Å². The van der Waals surface area contributed by atoms with Crippen molar-refractivity contribution in [1.82, 2.24) is 9.97 Å². The van der Waals surface area contributed by atoms with Crippen molar-refractivity contribution in [3.63, 3.8) is 0 Å². The summed E-state index contributed by atoms with van der Waals surface area (Å²) in [6.07, 6.45) is 0. The number of aromatic amines is 1. The molecule has 3 rings (SSSR count). The van der Waals surface area contributed by atoms with E-state index in [1.165, 1.54) is 0 Å². The highest BCUT2D eigenvalue weighted by molar-refractivity contribution is 7.18. The van der Waals surface area contributed by atoms with E-state index in [4.69, 9.17) is 11.6 Å². The lowest BCUT2D eigenvalue weighted by atomic mass is 10.2. The molecular formula is C16H16ClN3OS. The third kappa shape index (κ3) is 2.74. The molecule has 0 saturated carbocycles. The fourth-order valence-corrected chi connectivity index (χ4v) is 3.50. The second-order valence-electron chi connectivity index (χ2n) is 5.29. The number of nitrogens with one attached hydrogen (secondary N) is 2. The molecule has 0 bridgehead atoms. The molecule has 22 heavy (non-hydrogen) atoms. The van der Waals surface area contributed by atoms with Gasteiger partial charge in [0, 0.05) is 15.6 Å². The predicted molar refractivity (Wildman–Crippen MR) is 93.2 cm³/mol. The molecule has 2 aromatic heterocycles. The van der Waals surface area contributed by atoms with Crippen molar-refractivity contribution >= 4 is 38.8 Å². The smallest absolute Gasteiger partial charge is 0.259 e. The van der Waals surface area contributed by atoms with Crippen molar-refractivity contribution in [3.05, 3.63) is 55.9 Å². The van der Waals surface area contributed by atoms with Crippen LogP contribution in [0.15, 0.2) is 29.1 Å². The molecule has 2 N–H and O–H groups in total. The molecule has 4 nitrogen and oxygen atoms in total. The van der Waals surface area contributed by atoms with Crippen LogP contribution in [0.3, 0.4) is 0 Å². The average Bonchev–Trinajstić information content (AvgIpc) is 2.77. The number of nitrogens with zero attached hydrogens (tertiary/aromatic N) is 1. The zero-order valence-electron chi connectivity index (χ0n) is 12.5. The van der Waals surface area contributed by atoms with E-state index in [2.05, 4.69) is 15.3 Å². The number of H-pyrrole nitrogens is 1. The molecule has 0 aliphatic rings. The Morgan fingerprint density at radius 3 is 2.64 bits per heavy atom. The number of hydrogen-bond donors (Lipinski definition) is 2. The normalized spacial score (nSPS) is 12.5. The minimum absolute atomic E-state index is 0.0772. The van der Waals surface area contributed by atoms with Gasteiger partial charge in [0.15, 0.2) is 0 Å². The third-order valence-corrected chi connectivity index (χ3v) is 5.05. The molecule has 0 fully saturated rings. The SMILES string of the molecule is Cc1sc2nc([C@H](C)Nc3ccc(Cl)cc3)[nH]c(=O)c2c1C. The lowest BCUT2D eigenvalue weighted by molar-refractivity contribution is 0.792. The molecule has 0 aliphatic carbocycles. The van der Waals surface area contributed by atoms with E-state index in [9.17, 15) is 4.79 Å². The number of benzene rings is 1. The van der Waals surface area contributed by atoms with Crippen molar-refractivity contribution < 1.29 is 0 Å². The van der Waals surface area contributed by atoms with Gasteiger partial charge in [0.05, 0.1) is 11.4 Å². The highest BCUT2D eigenvalue weighted by atomic mass is 35.5. The summed E-state index contributed by atoms with van der Waals surface area (Å²) in [6, 6.07) is 7.33. The van der Waals surface area contributed by atoms with Crippen LogP contribution in [0, 0.1) is 13.8 Å². The van der Waals surface area contributed by atoms with Gasteiger partial charge in [-0.3, -0.25) is 4.79 Å². The van der Waals surface area contributed by atoms with E-state index in [1.807, 2.05) is 45.0 Å². The largest absolute Gasteiger partial charge is 0.375 e. The first-order valence-electron chi connectivity index (χ1n) is 6.97. The zero-order valence-corrected chi connectivity index (χ0v) is 14.1. The second-order valence-corrected chi connectivity index (χ2v) is 6.93. The van der Waals surface area contributed by atoms with Crippen LogP contribution in [0.1, 0.15) is 29.2 Å². The van der Waals surface area contributed by atoms with Gasteiger partial charge < -0.3 is 10.3 Å². The quantitative estimate of drug-likeness (QED) is 0.745. The molecule has 1 aromatic carbocycles. The number of anilines is 1.